The first-order valence-electron chi connectivity index (χ1n) is 9.77. The highest BCUT2D eigenvalue weighted by Crippen LogP contribution is 2.27. The van der Waals surface area contributed by atoms with Gasteiger partial charge in [0.25, 0.3) is 10.0 Å². The summed E-state index contributed by atoms with van der Waals surface area (Å²) in [5.41, 5.74) is 1.04. The van der Waals surface area contributed by atoms with Gasteiger partial charge in [0.15, 0.2) is 0 Å². The van der Waals surface area contributed by atoms with Gasteiger partial charge in [-0.25, -0.2) is 12.8 Å². The number of hydrogen-bond donors (Lipinski definition) is 1. The lowest BCUT2D eigenvalue weighted by Crippen LogP contribution is -2.42. The number of benzene rings is 3. The second-order valence-electron chi connectivity index (χ2n) is 6.89. The van der Waals surface area contributed by atoms with Gasteiger partial charge in [-0.15, -0.1) is 0 Å². The predicted molar refractivity (Wildman–Crippen MR) is 122 cm³/mol. The van der Waals surface area contributed by atoms with E-state index in [1.165, 1.54) is 24.3 Å². The fourth-order valence-electron chi connectivity index (χ4n) is 2.93. The average molecular weight is 477 g/mol. The molecule has 1 N–H and O–H groups in total. The van der Waals surface area contributed by atoms with Crippen LogP contribution >= 0.6 is 11.6 Å². The quantitative estimate of drug-likeness (QED) is 0.470. The van der Waals surface area contributed by atoms with Crippen LogP contribution < -0.4 is 14.4 Å². The van der Waals surface area contributed by atoms with Crippen molar-refractivity contribution in [2.45, 2.75) is 11.8 Å². The Hall–Kier alpha value is -3.10. The topological polar surface area (TPSA) is 75.7 Å². The SMILES string of the molecule is Cc1ccccc1OCCNC(=O)CN(c1ccc(F)c(Cl)c1)S(=O)(=O)c1ccccc1. The predicted octanol–water partition coefficient (Wildman–Crippen LogP) is 4.18. The molecule has 168 valence electrons. The summed E-state index contributed by atoms with van der Waals surface area (Å²) in [6, 6.07) is 18.6. The molecule has 0 saturated heterocycles. The molecule has 0 aromatic heterocycles. The number of nitrogens with zero attached hydrogens (tertiary/aromatic N) is 1. The first-order chi connectivity index (χ1) is 15.3. The Morgan fingerprint density at radius 3 is 2.44 bits per heavy atom. The van der Waals surface area contributed by atoms with Gasteiger partial charge in [-0.05, 0) is 48.9 Å². The molecule has 0 heterocycles. The Kier molecular flexibility index (Phi) is 7.71. The highest BCUT2D eigenvalue weighted by molar-refractivity contribution is 7.92. The van der Waals surface area contributed by atoms with Gasteiger partial charge < -0.3 is 10.1 Å². The summed E-state index contributed by atoms with van der Waals surface area (Å²) in [6.07, 6.45) is 0. The van der Waals surface area contributed by atoms with Crippen molar-refractivity contribution in [2.75, 3.05) is 24.0 Å². The van der Waals surface area contributed by atoms with Crippen LogP contribution in [0.15, 0.2) is 77.7 Å². The van der Waals surface area contributed by atoms with Crippen molar-refractivity contribution in [3.8, 4) is 5.75 Å². The van der Waals surface area contributed by atoms with E-state index >= 15 is 0 Å². The molecule has 0 radical (unpaired) electrons. The summed E-state index contributed by atoms with van der Waals surface area (Å²) in [5, 5.41) is 2.40. The largest absolute Gasteiger partial charge is 0.491 e. The van der Waals surface area contributed by atoms with Crippen molar-refractivity contribution in [3.63, 3.8) is 0 Å². The van der Waals surface area contributed by atoms with E-state index in [2.05, 4.69) is 5.32 Å². The summed E-state index contributed by atoms with van der Waals surface area (Å²) in [7, 11) is -4.10. The van der Waals surface area contributed by atoms with Crippen molar-refractivity contribution >= 4 is 33.2 Å². The lowest BCUT2D eigenvalue weighted by atomic mass is 10.2. The van der Waals surface area contributed by atoms with Crippen molar-refractivity contribution in [1.82, 2.24) is 5.32 Å². The average Bonchev–Trinajstić information content (AvgIpc) is 2.78. The summed E-state index contributed by atoms with van der Waals surface area (Å²) < 4.78 is 46.6. The molecule has 9 heteroatoms. The Balaban J connectivity index is 1.73. The molecule has 0 aliphatic carbocycles. The summed E-state index contributed by atoms with van der Waals surface area (Å²) in [5.74, 6) is -0.528. The first kappa shape index (κ1) is 23.6. The minimum atomic E-state index is -4.10. The van der Waals surface area contributed by atoms with E-state index in [0.29, 0.717) is 5.75 Å². The molecule has 0 bridgehead atoms. The van der Waals surface area contributed by atoms with E-state index in [1.807, 2.05) is 31.2 Å². The molecule has 0 atom stereocenters. The van der Waals surface area contributed by atoms with Gasteiger partial charge in [0.05, 0.1) is 22.2 Å². The third kappa shape index (κ3) is 5.77. The zero-order valence-corrected chi connectivity index (χ0v) is 18.9. The summed E-state index contributed by atoms with van der Waals surface area (Å²) >= 11 is 5.85. The van der Waals surface area contributed by atoms with Crippen molar-refractivity contribution < 1.29 is 22.3 Å². The summed E-state index contributed by atoms with van der Waals surface area (Å²) in [4.78, 5) is 12.6. The molecule has 3 rings (SSSR count). The van der Waals surface area contributed by atoms with Crippen molar-refractivity contribution in [2.24, 2.45) is 0 Å². The molecule has 32 heavy (non-hydrogen) atoms. The van der Waals surface area contributed by atoms with Crippen LogP contribution in [0.1, 0.15) is 5.56 Å². The minimum Gasteiger partial charge on any atom is -0.491 e. The third-order valence-corrected chi connectivity index (χ3v) is 6.66. The number of aryl methyl sites for hydroxylation is 1. The van der Waals surface area contributed by atoms with E-state index in [1.54, 1.807) is 18.2 Å². The van der Waals surface area contributed by atoms with Crippen LogP contribution in [0.25, 0.3) is 0 Å². The number of sulfonamides is 1. The maximum absolute atomic E-state index is 13.6. The highest BCUT2D eigenvalue weighted by atomic mass is 35.5. The van der Waals surface area contributed by atoms with Gasteiger partial charge in [-0.3, -0.25) is 9.10 Å². The zero-order chi connectivity index (χ0) is 23.1. The maximum atomic E-state index is 13.6. The number of carbonyl (C=O) groups excluding carboxylic acids is 1. The number of para-hydroxylation sites is 1. The van der Waals surface area contributed by atoms with Crippen molar-refractivity contribution in [3.05, 3.63) is 89.2 Å². The zero-order valence-electron chi connectivity index (χ0n) is 17.3. The number of ether oxygens (including phenoxy) is 1. The molecule has 3 aromatic carbocycles. The molecular weight excluding hydrogens is 455 g/mol. The first-order valence-corrected chi connectivity index (χ1v) is 11.6. The van der Waals surface area contributed by atoms with E-state index in [-0.39, 0.29) is 28.8 Å². The Morgan fingerprint density at radius 2 is 1.75 bits per heavy atom. The normalized spacial score (nSPS) is 11.1. The van der Waals surface area contributed by atoms with Gasteiger partial charge in [-0.2, -0.15) is 0 Å². The van der Waals surface area contributed by atoms with E-state index in [0.717, 1.165) is 15.9 Å². The van der Waals surface area contributed by atoms with Crippen LogP contribution in [0.3, 0.4) is 0 Å². The molecule has 3 aromatic rings. The van der Waals surface area contributed by atoms with Crippen LogP contribution in [-0.4, -0.2) is 34.0 Å². The van der Waals surface area contributed by atoms with E-state index in [9.17, 15) is 17.6 Å². The molecule has 0 spiro atoms. The molecule has 1 amide bonds. The molecule has 0 unspecified atom stereocenters. The molecule has 0 aliphatic heterocycles. The standard InChI is InChI=1S/C23H22ClFN2O4S/c1-17-7-5-6-10-22(17)31-14-13-26-23(28)16-27(18-11-12-21(25)20(24)15-18)32(29,30)19-8-3-2-4-9-19/h2-12,15H,13-14,16H2,1H3,(H,26,28). The molecule has 0 saturated carbocycles. The number of halogens is 2. The van der Waals surface area contributed by atoms with Crippen LogP contribution in [0.2, 0.25) is 5.02 Å². The van der Waals surface area contributed by atoms with Crippen LogP contribution in [-0.2, 0) is 14.8 Å². The van der Waals surface area contributed by atoms with Gasteiger partial charge in [0, 0.05) is 0 Å². The number of nitrogens with one attached hydrogen (secondary N) is 1. The Morgan fingerprint density at radius 1 is 1.06 bits per heavy atom. The molecule has 0 aliphatic rings. The van der Waals surface area contributed by atoms with Gasteiger partial charge in [0.2, 0.25) is 5.91 Å². The lowest BCUT2D eigenvalue weighted by Gasteiger charge is -2.24. The summed E-state index contributed by atoms with van der Waals surface area (Å²) in [6.45, 7) is 1.79. The van der Waals surface area contributed by atoms with Crippen LogP contribution in [0.4, 0.5) is 10.1 Å². The Bertz CT molecular complexity index is 1190. The lowest BCUT2D eigenvalue weighted by molar-refractivity contribution is -0.119. The number of amides is 1. The maximum Gasteiger partial charge on any atom is 0.264 e. The fourth-order valence-corrected chi connectivity index (χ4v) is 4.54. The Labute approximate surface area is 191 Å². The number of rotatable bonds is 9. The third-order valence-electron chi connectivity index (χ3n) is 4.58. The second kappa shape index (κ2) is 10.5. The van der Waals surface area contributed by atoms with E-state index < -0.39 is 28.3 Å². The number of anilines is 1. The van der Waals surface area contributed by atoms with E-state index in [4.69, 9.17) is 16.3 Å². The monoisotopic (exact) mass is 476 g/mol. The highest BCUT2D eigenvalue weighted by Gasteiger charge is 2.27. The van der Waals surface area contributed by atoms with Crippen LogP contribution in [0, 0.1) is 12.7 Å². The smallest absolute Gasteiger partial charge is 0.264 e. The van der Waals surface area contributed by atoms with Gasteiger partial charge in [-0.1, -0.05) is 48.0 Å². The molecule has 0 fully saturated rings. The number of hydrogen-bond acceptors (Lipinski definition) is 4. The van der Waals surface area contributed by atoms with Gasteiger partial charge >= 0.3 is 0 Å². The fraction of sp³-hybridized carbons (Fsp3) is 0.174. The molecule has 6 nitrogen and oxygen atoms in total. The van der Waals surface area contributed by atoms with Crippen LogP contribution in [0.5, 0.6) is 5.75 Å². The number of carbonyl (C=O) groups is 1. The molecular formula is C23H22ClFN2O4S. The minimum absolute atomic E-state index is 0.00358. The van der Waals surface area contributed by atoms with Gasteiger partial charge in [0.1, 0.15) is 24.7 Å². The second-order valence-corrected chi connectivity index (χ2v) is 9.16. The van der Waals surface area contributed by atoms with Crippen molar-refractivity contribution in [1.29, 1.82) is 0 Å².